The average Bonchev–Trinajstić information content (AvgIpc) is 2.38. The highest BCUT2D eigenvalue weighted by Crippen LogP contribution is 2.23. The number of anilines is 1. The van der Waals surface area contributed by atoms with E-state index in [1.807, 2.05) is 0 Å². The van der Waals surface area contributed by atoms with Gasteiger partial charge in [0.25, 0.3) is 5.69 Å². The molecule has 2 rings (SSSR count). The lowest BCUT2D eigenvalue weighted by atomic mass is 10.2. The third kappa shape index (κ3) is 2.51. The fraction of sp³-hybridized carbons (Fsp3) is 0.273. The highest BCUT2D eigenvalue weighted by atomic mass is 16.6. The second-order valence-corrected chi connectivity index (χ2v) is 3.75. The first-order chi connectivity index (χ1) is 8.72. The monoisotopic (exact) mass is 247 g/mol. The van der Waals surface area contributed by atoms with Crippen molar-refractivity contribution in [3.8, 4) is 0 Å². The third-order valence-electron chi connectivity index (χ3n) is 2.50. The fourth-order valence-corrected chi connectivity index (χ4v) is 1.61. The van der Waals surface area contributed by atoms with E-state index in [1.165, 1.54) is 18.5 Å². The van der Waals surface area contributed by atoms with Gasteiger partial charge < -0.3 is 11.1 Å². The first-order valence-electron chi connectivity index (χ1n) is 5.55. The molecule has 0 unspecified atom stereocenters. The molecule has 0 saturated carbocycles. The Morgan fingerprint density at radius 3 is 2.94 bits per heavy atom. The molecule has 0 bridgehead atoms. The highest BCUT2D eigenvalue weighted by Gasteiger charge is 2.10. The van der Waals surface area contributed by atoms with Crippen molar-refractivity contribution in [2.75, 3.05) is 18.4 Å². The van der Waals surface area contributed by atoms with Gasteiger partial charge in [-0.2, -0.15) is 0 Å². The molecule has 18 heavy (non-hydrogen) atoms. The first kappa shape index (κ1) is 12.2. The molecule has 7 nitrogen and oxygen atoms in total. The molecule has 3 N–H and O–H groups in total. The largest absolute Gasteiger partial charge is 0.369 e. The van der Waals surface area contributed by atoms with Crippen LogP contribution in [0.3, 0.4) is 0 Å². The number of non-ortho nitro benzene ring substituents is 1. The van der Waals surface area contributed by atoms with Crippen molar-refractivity contribution in [3.63, 3.8) is 0 Å². The second-order valence-electron chi connectivity index (χ2n) is 3.75. The molecule has 94 valence electrons. The smallest absolute Gasteiger partial charge is 0.270 e. The number of nitrogens with one attached hydrogen (secondary N) is 1. The van der Waals surface area contributed by atoms with Gasteiger partial charge in [-0.3, -0.25) is 10.1 Å². The number of nitrogens with two attached hydrogens (primary N) is 1. The molecular weight excluding hydrogens is 234 g/mol. The van der Waals surface area contributed by atoms with Gasteiger partial charge in [0.15, 0.2) is 0 Å². The number of benzene rings is 1. The van der Waals surface area contributed by atoms with E-state index in [-0.39, 0.29) is 5.69 Å². The maximum Gasteiger partial charge on any atom is 0.270 e. The van der Waals surface area contributed by atoms with E-state index >= 15 is 0 Å². The summed E-state index contributed by atoms with van der Waals surface area (Å²) in [6.07, 6.45) is 2.24. The molecule has 0 aliphatic rings. The van der Waals surface area contributed by atoms with Crippen LogP contribution in [0, 0.1) is 10.1 Å². The first-order valence-corrected chi connectivity index (χ1v) is 5.55. The minimum Gasteiger partial charge on any atom is -0.369 e. The number of nitrogens with zero attached hydrogens (tertiary/aromatic N) is 3. The van der Waals surface area contributed by atoms with Crippen LogP contribution in [0.15, 0.2) is 24.5 Å². The molecule has 0 aliphatic heterocycles. The van der Waals surface area contributed by atoms with Gasteiger partial charge in [-0.15, -0.1) is 0 Å². The van der Waals surface area contributed by atoms with Crippen LogP contribution in [0.1, 0.15) is 6.42 Å². The van der Waals surface area contributed by atoms with Gasteiger partial charge in [0.1, 0.15) is 12.1 Å². The van der Waals surface area contributed by atoms with Crippen molar-refractivity contribution in [1.29, 1.82) is 0 Å². The molecule has 1 aromatic carbocycles. The third-order valence-corrected chi connectivity index (χ3v) is 2.50. The number of nitro groups is 1. The van der Waals surface area contributed by atoms with Crippen LogP contribution in [0.2, 0.25) is 0 Å². The van der Waals surface area contributed by atoms with Crippen LogP contribution in [-0.4, -0.2) is 28.0 Å². The van der Waals surface area contributed by atoms with E-state index in [1.54, 1.807) is 6.07 Å². The van der Waals surface area contributed by atoms with Gasteiger partial charge in [-0.1, -0.05) is 0 Å². The zero-order valence-corrected chi connectivity index (χ0v) is 9.67. The minimum atomic E-state index is -0.434. The minimum absolute atomic E-state index is 0.0270. The Bertz CT molecular complexity index is 572. The number of aromatic nitrogens is 2. The Kier molecular flexibility index (Phi) is 3.63. The summed E-state index contributed by atoms with van der Waals surface area (Å²) in [6.45, 7) is 1.25. The van der Waals surface area contributed by atoms with Crippen LogP contribution in [0.4, 0.5) is 11.5 Å². The molecule has 1 heterocycles. The van der Waals surface area contributed by atoms with Crippen molar-refractivity contribution < 1.29 is 4.92 Å². The Labute approximate surface area is 103 Å². The molecule has 0 spiro atoms. The zero-order chi connectivity index (χ0) is 13.0. The summed E-state index contributed by atoms with van der Waals surface area (Å²) in [7, 11) is 0. The van der Waals surface area contributed by atoms with Gasteiger partial charge in [-0.05, 0) is 19.0 Å². The van der Waals surface area contributed by atoms with E-state index in [0.717, 1.165) is 6.42 Å². The molecule has 0 aliphatic carbocycles. The number of hydrogen-bond acceptors (Lipinski definition) is 6. The summed E-state index contributed by atoms with van der Waals surface area (Å²) in [4.78, 5) is 18.5. The number of hydrogen-bond donors (Lipinski definition) is 2. The van der Waals surface area contributed by atoms with Crippen LogP contribution in [0.5, 0.6) is 0 Å². The van der Waals surface area contributed by atoms with E-state index in [9.17, 15) is 10.1 Å². The topological polar surface area (TPSA) is 107 Å². The SMILES string of the molecule is NCCCNc1ncnc2ccc([N+](=O)[O-])cc12. The average molecular weight is 247 g/mol. The number of nitro benzene ring substituents is 1. The van der Waals surface area contributed by atoms with Gasteiger partial charge in [0.05, 0.1) is 10.4 Å². The van der Waals surface area contributed by atoms with E-state index in [0.29, 0.717) is 29.8 Å². The maximum atomic E-state index is 10.7. The van der Waals surface area contributed by atoms with Crippen molar-refractivity contribution in [2.45, 2.75) is 6.42 Å². The lowest BCUT2D eigenvalue weighted by Crippen LogP contribution is -2.09. The summed E-state index contributed by atoms with van der Waals surface area (Å²) in [6, 6.07) is 4.52. The molecule has 2 aromatic rings. The van der Waals surface area contributed by atoms with Gasteiger partial charge in [0, 0.05) is 24.1 Å². The normalized spacial score (nSPS) is 10.5. The lowest BCUT2D eigenvalue weighted by Gasteiger charge is -2.07. The maximum absolute atomic E-state index is 10.7. The van der Waals surface area contributed by atoms with Crippen molar-refractivity contribution in [2.24, 2.45) is 5.73 Å². The number of rotatable bonds is 5. The van der Waals surface area contributed by atoms with E-state index in [2.05, 4.69) is 15.3 Å². The second kappa shape index (κ2) is 5.37. The Balaban J connectivity index is 2.39. The summed E-state index contributed by atoms with van der Waals surface area (Å²) >= 11 is 0. The van der Waals surface area contributed by atoms with Gasteiger partial charge in [0.2, 0.25) is 0 Å². The van der Waals surface area contributed by atoms with E-state index in [4.69, 9.17) is 5.73 Å². The molecule has 1 aromatic heterocycles. The van der Waals surface area contributed by atoms with Gasteiger partial charge in [-0.25, -0.2) is 9.97 Å². The quantitative estimate of drug-likeness (QED) is 0.468. The summed E-state index contributed by atoms with van der Waals surface area (Å²) in [5.41, 5.74) is 6.11. The van der Waals surface area contributed by atoms with Crippen LogP contribution in [-0.2, 0) is 0 Å². The van der Waals surface area contributed by atoms with Crippen molar-refractivity contribution >= 4 is 22.4 Å². The summed E-state index contributed by atoms with van der Waals surface area (Å²) < 4.78 is 0. The Morgan fingerprint density at radius 1 is 1.39 bits per heavy atom. The van der Waals surface area contributed by atoms with Crippen LogP contribution in [0.25, 0.3) is 10.9 Å². The Hall–Kier alpha value is -2.28. The number of fused-ring (bicyclic) bond motifs is 1. The standard InChI is InChI=1S/C11H13N5O2/c12-4-1-5-13-11-9-6-8(16(17)18)2-3-10(9)14-7-15-11/h2-3,6-7H,1,4-5,12H2,(H,13,14,15). The van der Waals surface area contributed by atoms with Crippen molar-refractivity contribution in [1.82, 2.24) is 9.97 Å². The van der Waals surface area contributed by atoms with Crippen LogP contribution < -0.4 is 11.1 Å². The van der Waals surface area contributed by atoms with E-state index < -0.39 is 4.92 Å². The zero-order valence-electron chi connectivity index (χ0n) is 9.67. The van der Waals surface area contributed by atoms with Crippen LogP contribution >= 0.6 is 0 Å². The molecular formula is C11H13N5O2. The highest BCUT2D eigenvalue weighted by molar-refractivity contribution is 5.90. The molecule has 0 saturated heterocycles. The molecule has 0 fully saturated rings. The molecule has 0 atom stereocenters. The summed E-state index contributed by atoms with van der Waals surface area (Å²) in [5.74, 6) is 0.595. The Morgan fingerprint density at radius 2 is 2.22 bits per heavy atom. The lowest BCUT2D eigenvalue weighted by molar-refractivity contribution is -0.384. The van der Waals surface area contributed by atoms with Crippen molar-refractivity contribution in [3.05, 3.63) is 34.6 Å². The predicted molar refractivity (Wildman–Crippen MR) is 68.4 cm³/mol. The summed E-state index contributed by atoms with van der Waals surface area (Å²) in [5, 5.41) is 14.5. The predicted octanol–water partition coefficient (Wildman–Crippen LogP) is 1.30. The van der Waals surface area contributed by atoms with Gasteiger partial charge >= 0.3 is 0 Å². The molecule has 0 radical (unpaired) electrons. The fourth-order valence-electron chi connectivity index (χ4n) is 1.61. The molecule has 0 amide bonds. The molecule has 7 heteroatoms.